The van der Waals surface area contributed by atoms with Crippen molar-refractivity contribution >= 4 is 5.82 Å². The van der Waals surface area contributed by atoms with Gasteiger partial charge in [-0.25, -0.2) is 4.98 Å². The maximum absolute atomic E-state index is 4.08. The third kappa shape index (κ3) is 2.05. The van der Waals surface area contributed by atoms with Gasteiger partial charge in [0.05, 0.1) is 0 Å². The second-order valence-corrected chi connectivity index (χ2v) is 2.00. The zero-order valence-electron chi connectivity index (χ0n) is 5.88. The van der Waals surface area contributed by atoms with Gasteiger partial charge in [0.25, 0.3) is 0 Å². The highest BCUT2D eigenvalue weighted by molar-refractivity contribution is 5.32. The summed E-state index contributed by atoms with van der Waals surface area (Å²) < 4.78 is 0. The highest BCUT2D eigenvalue weighted by Gasteiger charge is 1.85. The highest BCUT2D eigenvalue weighted by Crippen LogP contribution is 1.98. The first-order valence-electron chi connectivity index (χ1n) is 3.37. The van der Waals surface area contributed by atoms with Crippen LogP contribution in [0.25, 0.3) is 0 Å². The Morgan fingerprint density at radius 1 is 1.50 bits per heavy atom. The van der Waals surface area contributed by atoms with Gasteiger partial charge in [-0.15, -0.1) is 0 Å². The van der Waals surface area contributed by atoms with Crippen LogP contribution in [0.3, 0.4) is 0 Å². The molecule has 0 bridgehead atoms. The van der Waals surface area contributed by atoms with Crippen molar-refractivity contribution in [1.29, 1.82) is 0 Å². The minimum Gasteiger partial charge on any atom is -0.370 e. The van der Waals surface area contributed by atoms with E-state index < -0.39 is 0 Å². The maximum atomic E-state index is 4.08. The van der Waals surface area contributed by atoms with E-state index in [4.69, 9.17) is 0 Å². The smallest absolute Gasteiger partial charge is 0.125 e. The fourth-order valence-corrected chi connectivity index (χ4v) is 0.684. The van der Waals surface area contributed by atoms with Gasteiger partial charge >= 0.3 is 0 Å². The minimum absolute atomic E-state index is 0.885. The van der Waals surface area contributed by atoms with E-state index in [2.05, 4.69) is 17.2 Å². The van der Waals surface area contributed by atoms with Crippen LogP contribution in [0.4, 0.5) is 5.82 Å². The number of anilines is 1. The molecule has 0 aliphatic rings. The van der Waals surface area contributed by atoms with Crippen LogP contribution in [0.15, 0.2) is 24.4 Å². The predicted molar refractivity (Wildman–Crippen MR) is 42.7 cm³/mol. The van der Waals surface area contributed by atoms with Gasteiger partial charge in [-0.05, 0) is 18.6 Å². The number of nitrogens with zero attached hydrogens (tertiary/aromatic N) is 1. The van der Waals surface area contributed by atoms with Gasteiger partial charge in [-0.2, -0.15) is 0 Å². The van der Waals surface area contributed by atoms with Gasteiger partial charge in [0.2, 0.25) is 0 Å². The summed E-state index contributed by atoms with van der Waals surface area (Å²) in [5.41, 5.74) is 0. The quantitative estimate of drug-likeness (QED) is 0.682. The predicted octanol–water partition coefficient (Wildman–Crippen LogP) is 1.72. The molecule has 0 saturated heterocycles. The molecule has 0 aromatic carbocycles. The molecule has 0 aliphatic heterocycles. The largest absolute Gasteiger partial charge is 0.370 e. The van der Waals surface area contributed by atoms with Crippen LogP contribution in [-0.2, 0) is 0 Å². The number of aromatic nitrogens is 1. The molecule has 0 aliphatic carbocycles. The Labute approximate surface area is 61.3 Å². The molecule has 1 aromatic heterocycles. The van der Waals surface area contributed by atoms with E-state index in [1.807, 2.05) is 18.2 Å². The summed E-state index contributed by atoms with van der Waals surface area (Å²) in [6, 6.07) is 5.80. The monoisotopic (exact) mass is 135 g/mol. The fraction of sp³-hybridized carbons (Fsp3) is 0.250. The van der Waals surface area contributed by atoms with Crippen molar-refractivity contribution in [3.63, 3.8) is 0 Å². The molecule has 2 heteroatoms. The number of rotatable bonds is 3. The van der Waals surface area contributed by atoms with E-state index in [9.17, 15) is 0 Å². The Balaban J connectivity index is 2.43. The number of hydrogen-bond acceptors (Lipinski definition) is 2. The fourth-order valence-electron chi connectivity index (χ4n) is 0.684. The lowest BCUT2D eigenvalue weighted by atomic mass is 10.4. The summed E-state index contributed by atoms with van der Waals surface area (Å²) >= 11 is 0. The molecular weight excluding hydrogens is 124 g/mol. The molecule has 0 unspecified atom stereocenters. The lowest BCUT2D eigenvalue weighted by molar-refractivity contribution is 1.05. The van der Waals surface area contributed by atoms with Crippen LogP contribution in [0.5, 0.6) is 0 Å². The molecule has 0 saturated carbocycles. The van der Waals surface area contributed by atoms with E-state index >= 15 is 0 Å². The zero-order valence-corrected chi connectivity index (χ0v) is 5.88. The average molecular weight is 135 g/mol. The second-order valence-electron chi connectivity index (χ2n) is 2.00. The van der Waals surface area contributed by atoms with Gasteiger partial charge in [0.15, 0.2) is 0 Å². The molecule has 10 heavy (non-hydrogen) atoms. The van der Waals surface area contributed by atoms with Gasteiger partial charge in [0.1, 0.15) is 5.82 Å². The summed E-state index contributed by atoms with van der Waals surface area (Å²) in [5, 5.41) is 3.12. The standard InChI is InChI=1S/C8H11N2/c1-2-6-9-8-5-3-4-7-10-8/h3-5,7H,1-2,6H2,(H,9,10). The van der Waals surface area contributed by atoms with E-state index in [0.29, 0.717) is 0 Å². The van der Waals surface area contributed by atoms with Crippen LogP contribution in [-0.4, -0.2) is 11.5 Å². The molecule has 2 nitrogen and oxygen atoms in total. The molecule has 0 amide bonds. The summed E-state index contributed by atoms with van der Waals surface area (Å²) in [4.78, 5) is 4.08. The SMILES string of the molecule is [CH2]CCNc1ccccn1. The van der Waals surface area contributed by atoms with Gasteiger partial charge in [-0.1, -0.05) is 13.0 Å². The van der Waals surface area contributed by atoms with E-state index in [1.165, 1.54) is 0 Å². The molecule has 1 aromatic rings. The van der Waals surface area contributed by atoms with Crippen LogP contribution in [0.2, 0.25) is 0 Å². The Kier molecular flexibility index (Phi) is 2.74. The van der Waals surface area contributed by atoms with Crippen molar-refractivity contribution in [2.24, 2.45) is 0 Å². The van der Waals surface area contributed by atoms with Crippen molar-refractivity contribution in [2.75, 3.05) is 11.9 Å². The molecule has 1 radical (unpaired) electrons. The molecule has 0 spiro atoms. The first kappa shape index (κ1) is 7.06. The molecule has 1 rings (SSSR count). The average Bonchev–Trinajstić information content (AvgIpc) is 2.03. The molecule has 0 fully saturated rings. The summed E-state index contributed by atoms with van der Waals surface area (Å²) in [6.07, 6.45) is 2.65. The summed E-state index contributed by atoms with van der Waals surface area (Å²) in [5.74, 6) is 0.922. The van der Waals surface area contributed by atoms with E-state index in [0.717, 1.165) is 18.8 Å². The Morgan fingerprint density at radius 2 is 2.40 bits per heavy atom. The Bertz CT molecular complexity index is 172. The van der Waals surface area contributed by atoms with Crippen LogP contribution in [0.1, 0.15) is 6.42 Å². The molecule has 53 valence electrons. The lowest BCUT2D eigenvalue weighted by Crippen LogP contribution is -2.00. The third-order valence-electron chi connectivity index (χ3n) is 1.15. The third-order valence-corrected chi connectivity index (χ3v) is 1.15. The van der Waals surface area contributed by atoms with Crippen molar-refractivity contribution in [1.82, 2.24) is 4.98 Å². The zero-order chi connectivity index (χ0) is 7.23. The van der Waals surface area contributed by atoms with E-state index in [1.54, 1.807) is 6.20 Å². The highest BCUT2D eigenvalue weighted by atomic mass is 15.0. The minimum atomic E-state index is 0.885. The van der Waals surface area contributed by atoms with Gasteiger partial charge in [-0.3, -0.25) is 0 Å². The Morgan fingerprint density at radius 3 is 3.00 bits per heavy atom. The number of hydrogen-bond donors (Lipinski definition) is 1. The molecule has 0 atom stereocenters. The first-order valence-corrected chi connectivity index (χ1v) is 3.37. The summed E-state index contributed by atoms with van der Waals surface area (Å²) in [7, 11) is 0. The topological polar surface area (TPSA) is 24.9 Å². The molecule has 1 heterocycles. The van der Waals surface area contributed by atoms with Crippen LogP contribution in [0, 0.1) is 6.92 Å². The normalized spacial score (nSPS) is 9.30. The van der Waals surface area contributed by atoms with Gasteiger partial charge in [0, 0.05) is 12.7 Å². The number of pyridine rings is 1. The van der Waals surface area contributed by atoms with Crippen molar-refractivity contribution in [3.8, 4) is 0 Å². The van der Waals surface area contributed by atoms with Crippen molar-refractivity contribution in [3.05, 3.63) is 31.3 Å². The summed E-state index contributed by atoms with van der Waals surface area (Å²) in [6.45, 7) is 4.60. The van der Waals surface area contributed by atoms with Crippen LogP contribution >= 0.6 is 0 Å². The molecular formula is C8H11N2. The lowest BCUT2D eigenvalue weighted by Gasteiger charge is -2.00. The maximum Gasteiger partial charge on any atom is 0.125 e. The Hall–Kier alpha value is -1.05. The molecule has 1 N–H and O–H groups in total. The number of nitrogens with one attached hydrogen (secondary N) is 1. The van der Waals surface area contributed by atoms with Crippen molar-refractivity contribution < 1.29 is 0 Å². The van der Waals surface area contributed by atoms with Crippen molar-refractivity contribution in [2.45, 2.75) is 6.42 Å². The first-order chi connectivity index (χ1) is 4.93. The van der Waals surface area contributed by atoms with E-state index in [-0.39, 0.29) is 0 Å². The van der Waals surface area contributed by atoms with Gasteiger partial charge < -0.3 is 5.32 Å². The second kappa shape index (κ2) is 3.88. The van der Waals surface area contributed by atoms with Crippen LogP contribution < -0.4 is 5.32 Å².